The van der Waals surface area contributed by atoms with Crippen molar-refractivity contribution >= 4 is 39.9 Å². The molecule has 1 aliphatic heterocycles. The van der Waals surface area contributed by atoms with Crippen molar-refractivity contribution in [1.29, 1.82) is 0 Å². The lowest BCUT2D eigenvalue weighted by Gasteiger charge is -2.47. The molecule has 2 aromatic carbocycles. The van der Waals surface area contributed by atoms with Gasteiger partial charge in [0.15, 0.2) is 17.2 Å². The molecule has 1 unspecified atom stereocenters. The van der Waals surface area contributed by atoms with Gasteiger partial charge in [0.1, 0.15) is 5.82 Å². The molecule has 7 nitrogen and oxygen atoms in total. The minimum Gasteiger partial charge on any atom is -0.379 e. The topological polar surface area (TPSA) is 95.7 Å². The van der Waals surface area contributed by atoms with Crippen LogP contribution in [0.25, 0.3) is 0 Å². The number of halogens is 4. The molecular weight excluding hydrogens is 530 g/mol. The fraction of sp³-hybridized carbons (Fsp3) is 0.350. The van der Waals surface area contributed by atoms with Gasteiger partial charge in [-0.15, -0.1) is 0 Å². The number of nitrogens with zero attached hydrogens (tertiary/aromatic N) is 2. The van der Waals surface area contributed by atoms with Crippen LogP contribution in [0.15, 0.2) is 30.3 Å². The highest BCUT2D eigenvalue weighted by molar-refractivity contribution is 14.1. The molecule has 1 heterocycles. The summed E-state index contributed by atoms with van der Waals surface area (Å²) in [7, 11) is 0. The number of carbonyl (C=O) groups is 1. The maximum absolute atomic E-state index is 14.5. The van der Waals surface area contributed by atoms with Crippen LogP contribution in [0.1, 0.15) is 24.2 Å². The monoisotopic (exact) mass is 549 g/mol. The normalized spacial score (nSPS) is 16.1. The molecule has 1 fully saturated rings. The molecule has 2 aromatic rings. The van der Waals surface area contributed by atoms with Gasteiger partial charge in [0.2, 0.25) is 6.04 Å². The third-order valence-corrected chi connectivity index (χ3v) is 5.81. The van der Waals surface area contributed by atoms with Gasteiger partial charge in [0.05, 0.1) is 30.0 Å². The molecule has 0 radical (unpaired) electrons. The molecule has 1 amide bonds. The van der Waals surface area contributed by atoms with E-state index in [0.717, 1.165) is 17.0 Å². The highest BCUT2D eigenvalue weighted by Gasteiger charge is 2.57. The lowest BCUT2D eigenvalue weighted by atomic mass is 9.80. The van der Waals surface area contributed by atoms with Crippen molar-refractivity contribution in [2.24, 2.45) is 5.92 Å². The Bertz CT molecular complexity index is 1040. The molecule has 0 aromatic heterocycles. The van der Waals surface area contributed by atoms with Crippen LogP contribution in [0, 0.1) is 37.1 Å². The molecule has 0 spiro atoms. The molecule has 166 valence electrons. The maximum Gasteiger partial charge on any atom is 0.256 e. The van der Waals surface area contributed by atoms with Crippen molar-refractivity contribution < 1.29 is 28.0 Å². The van der Waals surface area contributed by atoms with Gasteiger partial charge in [-0.25, -0.2) is 13.2 Å². The number of β-amino-alcohol motifs (C(OH)–C–C–N with tert-alkyl or cyclic N) is 1. The van der Waals surface area contributed by atoms with Crippen molar-refractivity contribution in [1.82, 2.24) is 4.90 Å². The summed E-state index contributed by atoms with van der Waals surface area (Å²) >= 11 is 1.89. The number of hydrogen-bond acceptors (Lipinski definition) is 5. The molecule has 31 heavy (non-hydrogen) atoms. The summed E-state index contributed by atoms with van der Waals surface area (Å²) in [5.41, 5.74) is -2.74. The third kappa shape index (κ3) is 4.47. The van der Waals surface area contributed by atoms with E-state index in [9.17, 15) is 33.2 Å². The predicted octanol–water partition coefficient (Wildman–Crippen LogP) is 3.94. The fourth-order valence-electron chi connectivity index (χ4n) is 3.75. The van der Waals surface area contributed by atoms with Crippen LogP contribution in [0.5, 0.6) is 0 Å². The smallest absolute Gasteiger partial charge is 0.256 e. The zero-order valence-electron chi connectivity index (χ0n) is 16.5. The number of anilines is 2. The number of benzene rings is 2. The van der Waals surface area contributed by atoms with Crippen molar-refractivity contribution in [2.75, 3.05) is 18.4 Å². The Balaban J connectivity index is 1.89. The summed E-state index contributed by atoms with van der Waals surface area (Å²) in [4.78, 5) is 24.8. The van der Waals surface area contributed by atoms with Gasteiger partial charge in [-0.3, -0.25) is 14.9 Å². The minimum atomic E-state index is -1.73. The number of hydrogen-bond donors (Lipinski definition) is 2. The Morgan fingerprint density at radius 2 is 1.87 bits per heavy atom. The molecule has 1 saturated heterocycles. The van der Waals surface area contributed by atoms with E-state index in [1.165, 1.54) is 12.1 Å². The Labute approximate surface area is 189 Å². The largest absolute Gasteiger partial charge is 0.379 e. The van der Waals surface area contributed by atoms with Crippen LogP contribution < -0.4 is 5.32 Å². The second kappa shape index (κ2) is 8.61. The highest BCUT2D eigenvalue weighted by Crippen LogP contribution is 2.34. The number of nitro groups is 1. The number of nitrogens with one attached hydrogen (secondary N) is 1. The summed E-state index contributed by atoms with van der Waals surface area (Å²) in [6, 6.07) is 4.56. The predicted molar refractivity (Wildman–Crippen MR) is 115 cm³/mol. The van der Waals surface area contributed by atoms with E-state index in [1.54, 1.807) is 19.9 Å². The van der Waals surface area contributed by atoms with E-state index in [-0.39, 0.29) is 24.3 Å². The number of rotatable bonds is 6. The van der Waals surface area contributed by atoms with E-state index in [0.29, 0.717) is 3.57 Å². The van der Waals surface area contributed by atoms with Gasteiger partial charge in [-0.1, -0.05) is 13.8 Å². The van der Waals surface area contributed by atoms with Gasteiger partial charge in [0, 0.05) is 14.4 Å². The molecular formula is C20H19F3IN3O4. The lowest BCUT2D eigenvalue weighted by Crippen LogP contribution is -2.71. The van der Waals surface area contributed by atoms with Crippen LogP contribution in [0.3, 0.4) is 0 Å². The molecule has 1 atom stereocenters. The van der Waals surface area contributed by atoms with Gasteiger partial charge in [-0.05, 0) is 52.9 Å². The highest BCUT2D eigenvalue weighted by atomic mass is 127. The van der Waals surface area contributed by atoms with Crippen LogP contribution in [0.4, 0.5) is 24.5 Å². The first-order valence-electron chi connectivity index (χ1n) is 9.30. The van der Waals surface area contributed by atoms with E-state index in [2.05, 4.69) is 5.32 Å². The van der Waals surface area contributed by atoms with E-state index < -0.39 is 51.5 Å². The zero-order chi connectivity index (χ0) is 23.1. The zero-order valence-corrected chi connectivity index (χ0v) is 18.7. The number of likely N-dealkylation sites (tertiary alicyclic amines) is 1. The Hall–Kier alpha value is -2.41. The first kappa shape index (κ1) is 23.3. The number of carbonyl (C=O) groups excluding carboxylic acids is 1. The summed E-state index contributed by atoms with van der Waals surface area (Å²) in [5, 5.41) is 24.4. The summed E-state index contributed by atoms with van der Waals surface area (Å²) < 4.78 is 43.2. The third-order valence-electron chi connectivity index (χ3n) is 5.14. The summed E-state index contributed by atoms with van der Waals surface area (Å²) in [6.07, 6.45) is 0. The molecule has 0 aliphatic carbocycles. The standard InChI is InChI=1S/C20H19F3IN3O4/c1-10(2)18(27(30)31)20(29)8-26(9-20)19(28)12-4-5-13(21)16(23)17(12)25-15-6-3-11(24)7-14(15)22/h3-7,10,18,25,29H,8-9H2,1-2H3. The molecule has 0 bridgehead atoms. The van der Waals surface area contributed by atoms with Crippen LogP contribution >= 0.6 is 22.6 Å². The first-order chi connectivity index (χ1) is 14.4. The quantitative estimate of drug-likeness (QED) is 0.324. The average Bonchev–Trinajstić information content (AvgIpc) is 2.64. The molecule has 3 rings (SSSR count). The van der Waals surface area contributed by atoms with Crippen molar-refractivity contribution in [3.05, 3.63) is 67.0 Å². The van der Waals surface area contributed by atoms with Crippen molar-refractivity contribution in [3.8, 4) is 0 Å². The van der Waals surface area contributed by atoms with Crippen LogP contribution in [-0.4, -0.2) is 45.6 Å². The molecule has 1 aliphatic rings. The van der Waals surface area contributed by atoms with E-state index in [1.807, 2.05) is 22.6 Å². The molecule has 2 N–H and O–H groups in total. The number of amides is 1. The lowest BCUT2D eigenvalue weighted by molar-refractivity contribution is -0.559. The Morgan fingerprint density at radius 3 is 2.42 bits per heavy atom. The van der Waals surface area contributed by atoms with Crippen LogP contribution in [0.2, 0.25) is 0 Å². The average molecular weight is 549 g/mol. The van der Waals surface area contributed by atoms with E-state index >= 15 is 0 Å². The SMILES string of the molecule is CC(C)C([N+](=O)[O-])C1(O)CN(C(=O)c2ccc(F)c(F)c2Nc2ccc(I)cc2F)C1. The Kier molecular flexibility index (Phi) is 6.46. The molecule has 11 heteroatoms. The van der Waals surface area contributed by atoms with Gasteiger partial charge in [0.25, 0.3) is 5.91 Å². The van der Waals surface area contributed by atoms with Gasteiger partial charge in [-0.2, -0.15) is 0 Å². The second-order valence-electron chi connectivity index (χ2n) is 7.77. The summed E-state index contributed by atoms with van der Waals surface area (Å²) in [6.45, 7) is 2.49. The number of aliphatic hydroxyl groups is 1. The van der Waals surface area contributed by atoms with Gasteiger partial charge < -0.3 is 15.3 Å². The van der Waals surface area contributed by atoms with Crippen LogP contribution in [-0.2, 0) is 0 Å². The Morgan fingerprint density at radius 1 is 1.23 bits per heavy atom. The first-order valence-corrected chi connectivity index (χ1v) is 10.4. The summed E-state index contributed by atoms with van der Waals surface area (Å²) in [5.74, 6) is -4.59. The van der Waals surface area contributed by atoms with Gasteiger partial charge >= 0.3 is 0 Å². The van der Waals surface area contributed by atoms with Crippen molar-refractivity contribution in [3.63, 3.8) is 0 Å². The molecule has 0 saturated carbocycles. The van der Waals surface area contributed by atoms with Crippen molar-refractivity contribution in [2.45, 2.75) is 25.5 Å². The minimum absolute atomic E-state index is 0.160. The van der Waals surface area contributed by atoms with E-state index in [4.69, 9.17) is 0 Å². The fourth-order valence-corrected chi connectivity index (χ4v) is 4.21. The maximum atomic E-state index is 14.5. The second-order valence-corrected chi connectivity index (χ2v) is 9.02.